The number of nitrogens with two attached hydrogens (primary N) is 1. The van der Waals surface area contributed by atoms with Gasteiger partial charge in [0.05, 0.1) is 0 Å². The van der Waals surface area contributed by atoms with E-state index in [0.717, 1.165) is 12.0 Å². The standard InChI is InChI=1S/C21H26N4O2.ClH/c1-14-8-9-17(20(26)25-13-16(12-22)10-15(25)2)11-19(14)24-21(27)23-18-6-4-3-5-7-18;/h3-9,11,15-16H,10,12-13,22H2,1-2H3,(H2,23,24,27);1H. The minimum Gasteiger partial charge on any atom is -0.336 e. The van der Waals surface area contributed by atoms with Crippen molar-refractivity contribution >= 4 is 35.7 Å². The van der Waals surface area contributed by atoms with Gasteiger partial charge in [-0.2, -0.15) is 0 Å². The second-order valence-corrected chi connectivity index (χ2v) is 7.12. The molecule has 7 heteroatoms. The third kappa shape index (κ3) is 5.03. The minimum atomic E-state index is -0.341. The van der Waals surface area contributed by atoms with Crippen molar-refractivity contribution < 1.29 is 9.59 Å². The minimum absolute atomic E-state index is 0. The van der Waals surface area contributed by atoms with Gasteiger partial charge >= 0.3 is 6.03 Å². The normalized spacial score (nSPS) is 18.3. The summed E-state index contributed by atoms with van der Waals surface area (Å²) in [7, 11) is 0. The van der Waals surface area contributed by atoms with Gasteiger partial charge in [-0.15, -0.1) is 12.4 Å². The number of carbonyl (C=O) groups is 2. The average Bonchev–Trinajstić information content (AvgIpc) is 3.04. The van der Waals surface area contributed by atoms with Gasteiger partial charge in [-0.1, -0.05) is 24.3 Å². The van der Waals surface area contributed by atoms with Crippen molar-refractivity contribution in [3.8, 4) is 0 Å². The zero-order chi connectivity index (χ0) is 19.4. The van der Waals surface area contributed by atoms with Gasteiger partial charge in [0.1, 0.15) is 0 Å². The smallest absolute Gasteiger partial charge is 0.323 e. The van der Waals surface area contributed by atoms with E-state index < -0.39 is 0 Å². The maximum Gasteiger partial charge on any atom is 0.323 e. The van der Waals surface area contributed by atoms with E-state index in [-0.39, 0.29) is 30.4 Å². The zero-order valence-corrected chi connectivity index (χ0v) is 17.0. The highest BCUT2D eigenvalue weighted by molar-refractivity contribution is 6.02. The fourth-order valence-electron chi connectivity index (χ4n) is 3.46. The number of para-hydroxylation sites is 1. The van der Waals surface area contributed by atoms with Crippen molar-refractivity contribution in [3.63, 3.8) is 0 Å². The van der Waals surface area contributed by atoms with E-state index in [1.54, 1.807) is 12.1 Å². The van der Waals surface area contributed by atoms with Crippen LogP contribution in [0.15, 0.2) is 48.5 Å². The number of rotatable bonds is 4. The van der Waals surface area contributed by atoms with E-state index in [9.17, 15) is 9.59 Å². The molecule has 4 N–H and O–H groups in total. The number of aryl methyl sites for hydroxylation is 1. The van der Waals surface area contributed by atoms with Crippen LogP contribution in [0.3, 0.4) is 0 Å². The van der Waals surface area contributed by atoms with Gasteiger partial charge in [0.25, 0.3) is 5.91 Å². The molecule has 1 aliphatic heterocycles. The van der Waals surface area contributed by atoms with Crippen LogP contribution in [0.25, 0.3) is 0 Å². The predicted octanol–water partition coefficient (Wildman–Crippen LogP) is 3.87. The lowest BCUT2D eigenvalue weighted by Crippen LogP contribution is -2.34. The van der Waals surface area contributed by atoms with Crippen molar-refractivity contribution in [3.05, 3.63) is 59.7 Å². The first kappa shape index (κ1) is 21.7. The number of likely N-dealkylation sites (tertiary alicyclic amines) is 1. The van der Waals surface area contributed by atoms with Crippen LogP contribution in [0.1, 0.15) is 29.3 Å². The quantitative estimate of drug-likeness (QED) is 0.725. The van der Waals surface area contributed by atoms with Gasteiger partial charge < -0.3 is 21.3 Å². The Balaban J connectivity index is 0.00000280. The molecule has 0 aliphatic carbocycles. The van der Waals surface area contributed by atoms with Crippen LogP contribution >= 0.6 is 12.4 Å². The van der Waals surface area contributed by atoms with Gasteiger partial charge in [0.2, 0.25) is 0 Å². The molecule has 2 aromatic rings. The van der Waals surface area contributed by atoms with Crippen LogP contribution in [0.5, 0.6) is 0 Å². The number of halogens is 1. The summed E-state index contributed by atoms with van der Waals surface area (Å²) in [6, 6.07) is 14.5. The Labute approximate surface area is 171 Å². The molecule has 0 spiro atoms. The number of carbonyl (C=O) groups excluding carboxylic acids is 2. The molecule has 6 nitrogen and oxygen atoms in total. The lowest BCUT2D eigenvalue weighted by Gasteiger charge is -2.22. The molecule has 0 aromatic heterocycles. The summed E-state index contributed by atoms with van der Waals surface area (Å²) in [6.07, 6.45) is 0.929. The Kier molecular flexibility index (Phi) is 7.43. The molecule has 28 heavy (non-hydrogen) atoms. The summed E-state index contributed by atoms with van der Waals surface area (Å²) in [5.41, 5.74) is 8.56. The molecule has 2 aromatic carbocycles. The molecule has 0 bridgehead atoms. The first-order valence-corrected chi connectivity index (χ1v) is 9.22. The molecular weight excluding hydrogens is 376 g/mol. The Morgan fingerprint density at radius 1 is 1.14 bits per heavy atom. The second-order valence-electron chi connectivity index (χ2n) is 7.12. The highest BCUT2D eigenvalue weighted by Gasteiger charge is 2.32. The second kappa shape index (κ2) is 9.57. The van der Waals surface area contributed by atoms with Crippen molar-refractivity contribution in [1.82, 2.24) is 4.90 Å². The largest absolute Gasteiger partial charge is 0.336 e. The maximum atomic E-state index is 12.9. The zero-order valence-electron chi connectivity index (χ0n) is 16.1. The molecule has 150 valence electrons. The van der Waals surface area contributed by atoms with Crippen LogP contribution in [0.4, 0.5) is 16.2 Å². The van der Waals surface area contributed by atoms with Gasteiger partial charge in [0, 0.05) is 29.5 Å². The van der Waals surface area contributed by atoms with Crippen LogP contribution < -0.4 is 16.4 Å². The van der Waals surface area contributed by atoms with Crippen molar-refractivity contribution in [1.29, 1.82) is 0 Å². The van der Waals surface area contributed by atoms with Crippen molar-refractivity contribution in [2.24, 2.45) is 11.7 Å². The highest BCUT2D eigenvalue weighted by Crippen LogP contribution is 2.26. The Bertz CT molecular complexity index is 828. The third-order valence-electron chi connectivity index (χ3n) is 5.02. The lowest BCUT2D eigenvalue weighted by molar-refractivity contribution is 0.0743. The first-order chi connectivity index (χ1) is 13.0. The summed E-state index contributed by atoms with van der Waals surface area (Å²) in [5, 5.41) is 5.62. The third-order valence-corrected chi connectivity index (χ3v) is 5.02. The average molecular weight is 403 g/mol. The molecule has 2 atom stereocenters. The number of urea groups is 1. The van der Waals surface area contributed by atoms with Gasteiger partial charge in [-0.05, 0) is 62.6 Å². The van der Waals surface area contributed by atoms with E-state index in [1.165, 1.54) is 0 Å². The topological polar surface area (TPSA) is 87.5 Å². The summed E-state index contributed by atoms with van der Waals surface area (Å²) in [4.78, 5) is 27.1. The van der Waals surface area contributed by atoms with E-state index >= 15 is 0 Å². The number of anilines is 2. The van der Waals surface area contributed by atoms with Crippen LogP contribution in [0, 0.1) is 12.8 Å². The molecule has 1 fully saturated rings. The van der Waals surface area contributed by atoms with Gasteiger partial charge in [-0.25, -0.2) is 4.79 Å². The molecule has 3 rings (SSSR count). The number of nitrogens with zero attached hydrogens (tertiary/aromatic N) is 1. The number of hydrogen-bond donors (Lipinski definition) is 3. The molecule has 3 amide bonds. The van der Waals surface area contributed by atoms with E-state index in [4.69, 9.17) is 5.73 Å². The fourth-order valence-corrected chi connectivity index (χ4v) is 3.46. The molecule has 2 unspecified atom stereocenters. The highest BCUT2D eigenvalue weighted by atomic mass is 35.5. The molecule has 1 heterocycles. The Morgan fingerprint density at radius 2 is 1.86 bits per heavy atom. The van der Waals surface area contributed by atoms with E-state index in [0.29, 0.717) is 35.9 Å². The Morgan fingerprint density at radius 3 is 2.50 bits per heavy atom. The van der Waals surface area contributed by atoms with Crippen molar-refractivity contribution in [2.45, 2.75) is 26.3 Å². The van der Waals surface area contributed by atoms with E-state index in [2.05, 4.69) is 10.6 Å². The first-order valence-electron chi connectivity index (χ1n) is 9.22. The number of hydrogen-bond acceptors (Lipinski definition) is 3. The summed E-state index contributed by atoms with van der Waals surface area (Å²) in [5.74, 6) is 0.327. The number of benzene rings is 2. The maximum absolute atomic E-state index is 12.9. The Hall–Kier alpha value is -2.57. The molecule has 0 radical (unpaired) electrons. The van der Waals surface area contributed by atoms with Gasteiger partial charge in [0.15, 0.2) is 0 Å². The molecular formula is C21H27ClN4O2. The summed E-state index contributed by atoms with van der Waals surface area (Å²) in [6.45, 7) is 5.22. The summed E-state index contributed by atoms with van der Waals surface area (Å²) >= 11 is 0. The number of nitrogens with one attached hydrogen (secondary N) is 2. The SMILES string of the molecule is Cc1ccc(C(=O)N2CC(CN)CC2C)cc1NC(=O)Nc1ccccc1.Cl. The van der Waals surface area contributed by atoms with Crippen LogP contribution in [-0.2, 0) is 0 Å². The van der Waals surface area contributed by atoms with Gasteiger partial charge in [-0.3, -0.25) is 4.79 Å². The predicted molar refractivity (Wildman–Crippen MR) is 115 cm³/mol. The summed E-state index contributed by atoms with van der Waals surface area (Å²) < 4.78 is 0. The molecule has 0 saturated carbocycles. The van der Waals surface area contributed by atoms with E-state index in [1.807, 2.05) is 55.1 Å². The number of amides is 3. The fraction of sp³-hybridized carbons (Fsp3) is 0.333. The molecule has 1 aliphatic rings. The monoisotopic (exact) mass is 402 g/mol. The van der Waals surface area contributed by atoms with Crippen LogP contribution in [-0.4, -0.2) is 36.0 Å². The molecule has 1 saturated heterocycles. The van der Waals surface area contributed by atoms with Crippen molar-refractivity contribution in [2.75, 3.05) is 23.7 Å². The lowest BCUT2D eigenvalue weighted by atomic mass is 10.1. The van der Waals surface area contributed by atoms with Crippen LogP contribution in [0.2, 0.25) is 0 Å².